The Morgan fingerprint density at radius 3 is 2.57 bits per heavy atom. The second-order valence-electron chi connectivity index (χ2n) is 7.83. The fourth-order valence-corrected chi connectivity index (χ4v) is 6.66. The molecule has 0 unspecified atom stereocenters. The predicted molar refractivity (Wildman–Crippen MR) is 122 cm³/mol. The first-order chi connectivity index (χ1) is 14.3. The number of nitrogens with one attached hydrogen (secondary N) is 1. The number of hydrogen-bond acceptors (Lipinski definition) is 7. The van der Waals surface area contributed by atoms with Gasteiger partial charge < -0.3 is 0 Å². The molecule has 1 aliphatic rings. The van der Waals surface area contributed by atoms with E-state index in [1.54, 1.807) is 35.1 Å². The quantitative estimate of drug-likeness (QED) is 0.478. The largest absolute Gasteiger partial charge is 0.296 e. The van der Waals surface area contributed by atoms with Gasteiger partial charge in [-0.2, -0.15) is 4.31 Å². The Hall–Kier alpha value is -1.49. The third-order valence-corrected chi connectivity index (χ3v) is 9.24. The zero-order valence-electron chi connectivity index (χ0n) is 17.6. The molecule has 1 saturated heterocycles. The number of anilines is 1. The highest BCUT2D eigenvalue weighted by molar-refractivity contribution is 8.01. The van der Waals surface area contributed by atoms with E-state index in [2.05, 4.69) is 29.4 Å². The molecule has 1 N–H and O–H groups in total. The number of carbonyl (C=O) groups excluding carboxylic acids is 1. The summed E-state index contributed by atoms with van der Waals surface area (Å²) >= 11 is 2.92. The van der Waals surface area contributed by atoms with Gasteiger partial charge in [0, 0.05) is 24.4 Å². The number of benzene rings is 1. The predicted octanol–water partition coefficient (Wildman–Crippen LogP) is 4.41. The van der Waals surface area contributed by atoms with E-state index in [1.165, 1.54) is 17.4 Å². The lowest BCUT2D eigenvalue weighted by atomic mass is 10.1. The highest BCUT2D eigenvalue weighted by Gasteiger charge is 2.27. The fourth-order valence-electron chi connectivity index (χ4n) is 3.17. The lowest BCUT2D eigenvalue weighted by Crippen LogP contribution is -2.32. The minimum atomic E-state index is -3.63. The summed E-state index contributed by atoms with van der Waals surface area (Å²) in [6, 6.07) is 4.80. The van der Waals surface area contributed by atoms with Crippen molar-refractivity contribution in [3.8, 4) is 0 Å². The molecule has 1 aliphatic heterocycles. The first-order valence-electron chi connectivity index (χ1n) is 10.2. The topological polar surface area (TPSA) is 92.3 Å². The second kappa shape index (κ2) is 10.2. The second-order valence-corrected chi connectivity index (χ2v) is 12.0. The number of nitrogens with zero attached hydrogens (tertiary/aromatic N) is 3. The molecule has 10 heteroatoms. The molecular weight excluding hydrogens is 440 g/mol. The molecule has 2 aromatic rings. The zero-order chi connectivity index (χ0) is 21.7. The smallest absolute Gasteiger partial charge is 0.257 e. The highest BCUT2D eigenvalue weighted by Crippen LogP contribution is 2.28. The molecule has 1 aromatic heterocycles. The van der Waals surface area contributed by atoms with Gasteiger partial charge in [-0.3, -0.25) is 10.1 Å². The van der Waals surface area contributed by atoms with Gasteiger partial charge in [-0.15, -0.1) is 10.2 Å². The number of rotatable bonds is 7. The van der Waals surface area contributed by atoms with E-state index in [1.807, 2.05) is 0 Å². The summed E-state index contributed by atoms with van der Waals surface area (Å²) in [6.45, 7) is 7.08. The molecule has 0 saturated carbocycles. The van der Waals surface area contributed by atoms with Crippen molar-refractivity contribution < 1.29 is 13.2 Å². The molecule has 0 atom stereocenters. The molecule has 7 nitrogen and oxygen atoms in total. The maximum atomic E-state index is 13.2. The summed E-state index contributed by atoms with van der Waals surface area (Å²) in [5.41, 5.74) is 0.930. The van der Waals surface area contributed by atoms with Crippen molar-refractivity contribution in [3.63, 3.8) is 0 Å². The van der Waals surface area contributed by atoms with Crippen LogP contribution in [0.15, 0.2) is 27.4 Å². The van der Waals surface area contributed by atoms with E-state index in [-0.39, 0.29) is 10.8 Å². The number of hydrogen-bond donors (Lipinski definition) is 1. The molecule has 2 heterocycles. The molecular formula is C20H28N4O3S3. The van der Waals surface area contributed by atoms with Gasteiger partial charge in [0.2, 0.25) is 15.2 Å². The molecule has 3 rings (SSSR count). The molecule has 0 aliphatic carbocycles. The molecule has 30 heavy (non-hydrogen) atoms. The molecule has 164 valence electrons. The average Bonchev–Trinajstić information content (AvgIpc) is 2.96. The van der Waals surface area contributed by atoms with Crippen LogP contribution in [0.1, 0.15) is 55.5 Å². The molecule has 0 bridgehead atoms. The maximum absolute atomic E-state index is 13.2. The average molecular weight is 469 g/mol. The van der Waals surface area contributed by atoms with Crippen molar-refractivity contribution in [1.82, 2.24) is 14.5 Å². The minimum Gasteiger partial charge on any atom is -0.296 e. The zero-order valence-corrected chi connectivity index (χ0v) is 20.0. The Balaban J connectivity index is 1.76. The first-order valence-corrected chi connectivity index (χ1v) is 13.4. The van der Waals surface area contributed by atoms with Crippen molar-refractivity contribution in [2.75, 3.05) is 24.2 Å². The van der Waals surface area contributed by atoms with Crippen molar-refractivity contribution in [2.45, 2.75) is 55.7 Å². The lowest BCUT2D eigenvalue weighted by molar-refractivity contribution is 0.102. The van der Waals surface area contributed by atoms with Crippen molar-refractivity contribution in [2.24, 2.45) is 5.92 Å². The van der Waals surface area contributed by atoms with E-state index >= 15 is 0 Å². The SMILES string of the molecule is Cc1ccc(C(=O)Nc2nnc(SCC(C)C)s2)cc1S(=O)(=O)N1CCCCCC1. The van der Waals surface area contributed by atoms with Crippen LogP contribution in [0.25, 0.3) is 0 Å². The molecule has 0 radical (unpaired) electrons. The van der Waals surface area contributed by atoms with Gasteiger partial charge in [0.25, 0.3) is 5.91 Å². The van der Waals surface area contributed by atoms with Gasteiger partial charge in [0.05, 0.1) is 4.90 Å². The van der Waals surface area contributed by atoms with Crippen LogP contribution in [-0.2, 0) is 10.0 Å². The van der Waals surface area contributed by atoms with Gasteiger partial charge in [-0.1, -0.05) is 55.9 Å². The van der Waals surface area contributed by atoms with Crippen LogP contribution in [-0.4, -0.2) is 47.7 Å². The Morgan fingerprint density at radius 2 is 1.90 bits per heavy atom. The van der Waals surface area contributed by atoms with Crippen LogP contribution >= 0.6 is 23.1 Å². The van der Waals surface area contributed by atoms with E-state index in [0.29, 0.717) is 35.3 Å². The number of carbonyl (C=O) groups is 1. The summed E-state index contributed by atoms with van der Waals surface area (Å²) in [5.74, 6) is 1.08. The minimum absolute atomic E-state index is 0.197. The van der Waals surface area contributed by atoms with Crippen LogP contribution in [0, 0.1) is 12.8 Å². The molecule has 1 aromatic carbocycles. The van der Waals surface area contributed by atoms with Gasteiger partial charge in [0.15, 0.2) is 4.34 Å². The van der Waals surface area contributed by atoms with Crippen LogP contribution in [0.5, 0.6) is 0 Å². The Morgan fingerprint density at radius 1 is 1.20 bits per heavy atom. The summed E-state index contributed by atoms with van der Waals surface area (Å²) in [4.78, 5) is 12.9. The number of sulfonamides is 1. The Labute approximate surface area is 186 Å². The molecule has 1 amide bonds. The monoisotopic (exact) mass is 468 g/mol. The standard InChI is InChI=1S/C20H28N4O3S3/c1-14(2)13-28-20-23-22-19(29-20)21-18(25)16-9-8-15(3)17(12-16)30(26,27)24-10-6-4-5-7-11-24/h8-9,12,14H,4-7,10-11,13H2,1-3H3,(H,21,22,25). The molecule has 1 fully saturated rings. The molecule has 0 spiro atoms. The van der Waals surface area contributed by atoms with E-state index in [0.717, 1.165) is 35.8 Å². The summed E-state index contributed by atoms with van der Waals surface area (Å²) in [5, 5.41) is 11.3. The van der Waals surface area contributed by atoms with E-state index < -0.39 is 10.0 Å². The highest BCUT2D eigenvalue weighted by atomic mass is 32.2. The van der Waals surface area contributed by atoms with Gasteiger partial charge in [-0.05, 0) is 43.4 Å². The maximum Gasteiger partial charge on any atom is 0.257 e. The van der Waals surface area contributed by atoms with Crippen LogP contribution in [0.2, 0.25) is 0 Å². The summed E-state index contributed by atoms with van der Waals surface area (Å²) in [7, 11) is -3.63. The normalized spacial score (nSPS) is 15.9. The number of thioether (sulfide) groups is 1. The van der Waals surface area contributed by atoms with Crippen molar-refractivity contribution in [3.05, 3.63) is 29.3 Å². The van der Waals surface area contributed by atoms with Crippen LogP contribution < -0.4 is 5.32 Å². The van der Waals surface area contributed by atoms with Crippen LogP contribution in [0.3, 0.4) is 0 Å². The fraction of sp³-hybridized carbons (Fsp3) is 0.550. The Bertz CT molecular complexity index is 981. The van der Waals surface area contributed by atoms with Gasteiger partial charge in [-0.25, -0.2) is 8.42 Å². The van der Waals surface area contributed by atoms with Crippen LogP contribution in [0.4, 0.5) is 5.13 Å². The lowest BCUT2D eigenvalue weighted by Gasteiger charge is -2.21. The third kappa shape index (κ3) is 5.81. The first kappa shape index (κ1) is 23.2. The van der Waals surface area contributed by atoms with Gasteiger partial charge in [0.1, 0.15) is 0 Å². The summed E-state index contributed by atoms with van der Waals surface area (Å²) < 4.78 is 28.7. The Kier molecular flexibility index (Phi) is 7.89. The number of amides is 1. The van der Waals surface area contributed by atoms with Gasteiger partial charge >= 0.3 is 0 Å². The van der Waals surface area contributed by atoms with Crippen molar-refractivity contribution in [1.29, 1.82) is 0 Å². The third-order valence-electron chi connectivity index (χ3n) is 4.80. The van der Waals surface area contributed by atoms with E-state index in [4.69, 9.17) is 0 Å². The number of aromatic nitrogens is 2. The number of aryl methyl sites for hydroxylation is 1. The van der Waals surface area contributed by atoms with Crippen molar-refractivity contribution >= 4 is 44.2 Å². The van der Waals surface area contributed by atoms with E-state index in [9.17, 15) is 13.2 Å². The summed E-state index contributed by atoms with van der Waals surface area (Å²) in [6.07, 6.45) is 3.83.